The lowest BCUT2D eigenvalue weighted by molar-refractivity contribution is 0.180. The highest BCUT2D eigenvalue weighted by molar-refractivity contribution is 6.81. The van der Waals surface area contributed by atoms with Crippen LogP contribution in [0.2, 0.25) is 24.7 Å². The van der Waals surface area contributed by atoms with Crippen molar-refractivity contribution in [1.82, 2.24) is 0 Å². The number of unbranched alkanes of at least 4 members (excludes halogenated alkanes) is 2. The van der Waals surface area contributed by atoms with Gasteiger partial charge in [0.2, 0.25) is 8.32 Å². The zero-order chi connectivity index (χ0) is 15.1. The van der Waals surface area contributed by atoms with E-state index < -0.39 is 17.4 Å². The van der Waals surface area contributed by atoms with Gasteiger partial charge in [-0.3, -0.25) is 0 Å². The number of hydrogen-bond donors (Lipinski definition) is 0. The van der Waals surface area contributed by atoms with Crippen molar-refractivity contribution in [2.24, 2.45) is 0 Å². The Morgan fingerprint density at radius 1 is 1.33 bits per heavy atom. The lowest BCUT2D eigenvalue weighted by Gasteiger charge is -2.39. The smallest absolute Gasteiger partial charge is 0.217 e. The van der Waals surface area contributed by atoms with Gasteiger partial charge < -0.3 is 8.85 Å². The molecule has 4 heteroatoms. The second kappa shape index (κ2) is 8.65. The standard InChI is InChI=1S/C17H34O2Si2/c1-4-5-6-11-17(15-20-13-8-7-12-18-20)21(3)14-9-10-16(2)19-21/h11,16,20H,4-10,12-15H2,1-3H3. The van der Waals surface area contributed by atoms with E-state index in [1.807, 2.05) is 0 Å². The summed E-state index contributed by atoms with van der Waals surface area (Å²) in [5.74, 6) is 0. The molecule has 2 nitrogen and oxygen atoms in total. The molecule has 2 aliphatic heterocycles. The van der Waals surface area contributed by atoms with Gasteiger partial charge in [-0.05, 0) is 50.9 Å². The second-order valence-corrected chi connectivity index (χ2v) is 13.5. The van der Waals surface area contributed by atoms with Gasteiger partial charge >= 0.3 is 0 Å². The zero-order valence-corrected chi connectivity index (χ0v) is 16.5. The molecule has 2 heterocycles. The first-order valence-electron chi connectivity index (χ1n) is 9.13. The number of allylic oxidation sites excluding steroid dienone is 2. The lowest BCUT2D eigenvalue weighted by Crippen LogP contribution is -2.45. The minimum Gasteiger partial charge on any atom is -0.420 e. The first-order chi connectivity index (χ1) is 10.1. The molecular weight excluding hydrogens is 292 g/mol. The fraction of sp³-hybridized carbons (Fsp3) is 0.882. The van der Waals surface area contributed by atoms with Crippen molar-refractivity contribution in [3.05, 3.63) is 11.3 Å². The predicted molar refractivity (Wildman–Crippen MR) is 95.8 cm³/mol. The van der Waals surface area contributed by atoms with Gasteiger partial charge in [0.15, 0.2) is 9.04 Å². The van der Waals surface area contributed by atoms with Gasteiger partial charge in [0, 0.05) is 12.7 Å². The molecule has 122 valence electrons. The summed E-state index contributed by atoms with van der Waals surface area (Å²) in [4.78, 5) is 0. The average Bonchev–Trinajstić information content (AvgIpc) is 2.47. The third kappa shape index (κ3) is 5.34. The molecule has 0 saturated carbocycles. The van der Waals surface area contributed by atoms with Crippen LogP contribution in [-0.4, -0.2) is 30.1 Å². The van der Waals surface area contributed by atoms with Crippen molar-refractivity contribution in [3.8, 4) is 0 Å². The Kier molecular flexibility index (Phi) is 7.19. The number of hydrogen-bond acceptors (Lipinski definition) is 2. The molecular formula is C17H34O2Si2. The van der Waals surface area contributed by atoms with E-state index in [1.165, 1.54) is 63.1 Å². The minimum atomic E-state index is -1.65. The van der Waals surface area contributed by atoms with E-state index in [9.17, 15) is 0 Å². The van der Waals surface area contributed by atoms with E-state index in [0.717, 1.165) is 6.61 Å². The molecule has 21 heavy (non-hydrogen) atoms. The van der Waals surface area contributed by atoms with Crippen LogP contribution in [-0.2, 0) is 8.85 Å². The van der Waals surface area contributed by atoms with Crippen molar-refractivity contribution in [1.29, 1.82) is 0 Å². The molecule has 0 aromatic carbocycles. The summed E-state index contributed by atoms with van der Waals surface area (Å²) in [6, 6.07) is 3.99. The fourth-order valence-electron chi connectivity index (χ4n) is 3.73. The van der Waals surface area contributed by atoms with Crippen LogP contribution >= 0.6 is 0 Å². The van der Waals surface area contributed by atoms with Gasteiger partial charge in [0.1, 0.15) is 0 Å². The highest BCUT2D eigenvalue weighted by Gasteiger charge is 2.39. The van der Waals surface area contributed by atoms with Crippen molar-refractivity contribution in [2.75, 3.05) is 6.61 Å². The Morgan fingerprint density at radius 3 is 2.86 bits per heavy atom. The van der Waals surface area contributed by atoms with Gasteiger partial charge in [-0.1, -0.05) is 43.9 Å². The quantitative estimate of drug-likeness (QED) is 0.508. The van der Waals surface area contributed by atoms with Crippen LogP contribution in [0.5, 0.6) is 0 Å². The predicted octanol–water partition coefficient (Wildman–Crippen LogP) is 4.95. The largest absolute Gasteiger partial charge is 0.420 e. The maximum Gasteiger partial charge on any atom is 0.217 e. The van der Waals surface area contributed by atoms with Crippen molar-refractivity contribution in [2.45, 2.75) is 89.6 Å². The molecule has 0 bridgehead atoms. The van der Waals surface area contributed by atoms with E-state index >= 15 is 0 Å². The van der Waals surface area contributed by atoms with Crippen LogP contribution in [0, 0.1) is 0 Å². The Morgan fingerprint density at radius 2 is 2.19 bits per heavy atom. The molecule has 0 spiro atoms. The van der Waals surface area contributed by atoms with E-state index in [1.54, 1.807) is 5.20 Å². The van der Waals surface area contributed by atoms with Crippen molar-refractivity contribution >= 4 is 17.4 Å². The number of rotatable bonds is 6. The van der Waals surface area contributed by atoms with Crippen molar-refractivity contribution in [3.63, 3.8) is 0 Å². The third-order valence-corrected chi connectivity index (χ3v) is 12.1. The topological polar surface area (TPSA) is 18.5 Å². The minimum absolute atomic E-state index is 0.471. The molecule has 3 unspecified atom stereocenters. The third-order valence-electron chi connectivity index (χ3n) is 5.08. The summed E-state index contributed by atoms with van der Waals surface area (Å²) in [6.07, 6.45) is 12.2. The van der Waals surface area contributed by atoms with Gasteiger partial charge in [-0.15, -0.1) is 0 Å². The maximum absolute atomic E-state index is 6.55. The summed E-state index contributed by atoms with van der Waals surface area (Å²) >= 11 is 0. The summed E-state index contributed by atoms with van der Waals surface area (Å²) in [6.45, 7) is 8.04. The fourth-order valence-corrected chi connectivity index (χ4v) is 11.6. The first-order valence-corrected chi connectivity index (χ1v) is 13.8. The molecule has 0 radical (unpaired) electrons. The van der Waals surface area contributed by atoms with Crippen LogP contribution in [0.4, 0.5) is 0 Å². The van der Waals surface area contributed by atoms with E-state index in [4.69, 9.17) is 8.85 Å². The van der Waals surface area contributed by atoms with E-state index in [-0.39, 0.29) is 0 Å². The van der Waals surface area contributed by atoms with E-state index in [0.29, 0.717) is 6.10 Å². The molecule has 2 fully saturated rings. The summed E-state index contributed by atoms with van der Waals surface area (Å²) in [5.41, 5.74) is 0. The Bertz CT molecular complexity index is 340. The van der Waals surface area contributed by atoms with Gasteiger partial charge in [-0.2, -0.15) is 0 Å². The van der Waals surface area contributed by atoms with Crippen molar-refractivity contribution < 1.29 is 8.85 Å². The molecule has 0 amide bonds. The average molecular weight is 327 g/mol. The zero-order valence-electron chi connectivity index (χ0n) is 14.3. The normalized spacial score (nSPS) is 34.9. The molecule has 3 atom stereocenters. The Balaban J connectivity index is 2.04. The van der Waals surface area contributed by atoms with Gasteiger partial charge in [0.25, 0.3) is 0 Å². The lowest BCUT2D eigenvalue weighted by atomic mass is 10.2. The van der Waals surface area contributed by atoms with Crippen LogP contribution in [0.1, 0.15) is 58.8 Å². The highest BCUT2D eigenvalue weighted by atomic mass is 28.4. The van der Waals surface area contributed by atoms with Crippen LogP contribution in [0.3, 0.4) is 0 Å². The molecule has 2 rings (SSSR count). The summed E-state index contributed by atoms with van der Waals surface area (Å²) < 4.78 is 12.7. The first kappa shape index (κ1) is 17.4. The Labute approximate surface area is 134 Å². The summed E-state index contributed by atoms with van der Waals surface area (Å²) in [7, 11) is -2.63. The molecule has 0 N–H and O–H groups in total. The van der Waals surface area contributed by atoms with E-state index in [2.05, 4.69) is 26.5 Å². The molecule has 2 aliphatic rings. The molecule has 0 aromatic rings. The van der Waals surface area contributed by atoms with Crippen LogP contribution in [0.25, 0.3) is 0 Å². The SMILES string of the molecule is CCCCC=C(C[SiH]1CCCCO1)[Si]1(C)CCCC(C)O1. The molecule has 0 aromatic heterocycles. The second-order valence-electron chi connectivity index (χ2n) is 7.12. The van der Waals surface area contributed by atoms with Gasteiger partial charge in [0.05, 0.1) is 0 Å². The molecule has 2 saturated heterocycles. The molecule has 0 aliphatic carbocycles. The van der Waals surface area contributed by atoms with Crippen LogP contribution < -0.4 is 0 Å². The monoisotopic (exact) mass is 326 g/mol. The summed E-state index contributed by atoms with van der Waals surface area (Å²) in [5, 5.41) is 1.71. The van der Waals surface area contributed by atoms with Gasteiger partial charge in [-0.25, -0.2) is 0 Å². The Hall–Kier alpha value is 0.0938. The maximum atomic E-state index is 6.55. The van der Waals surface area contributed by atoms with Crippen LogP contribution in [0.15, 0.2) is 11.3 Å². The highest BCUT2D eigenvalue weighted by Crippen LogP contribution is 2.35.